The lowest BCUT2D eigenvalue weighted by Gasteiger charge is -2.21. The number of hydrogen-bond acceptors (Lipinski definition) is 4. The van der Waals surface area contributed by atoms with Crippen molar-refractivity contribution in [3.05, 3.63) is 60.4 Å². The van der Waals surface area contributed by atoms with E-state index in [2.05, 4.69) is 34.3 Å². The first-order valence-electron chi connectivity index (χ1n) is 8.93. The van der Waals surface area contributed by atoms with E-state index in [0.29, 0.717) is 12.6 Å². The standard InChI is InChI=1S/C19H25N7O/c1-14(2)25-11-16(9-21-25)10-24(4)19(27)23-15(3)17-5-7-18(8-6-17)26-13-20-12-22-26/h5-9,11-15H,10H2,1-4H3,(H,23,27)/t15-/m1/s1. The van der Waals surface area contributed by atoms with Gasteiger partial charge in [-0.15, -0.1) is 0 Å². The van der Waals surface area contributed by atoms with E-state index in [1.54, 1.807) is 29.2 Å². The molecular weight excluding hydrogens is 342 g/mol. The minimum absolute atomic E-state index is 0.108. The largest absolute Gasteiger partial charge is 0.331 e. The number of benzene rings is 1. The number of hydrogen-bond donors (Lipinski definition) is 1. The SMILES string of the molecule is CC(C)n1cc(CN(C)C(=O)N[C@H](C)c2ccc(-n3cncn3)cc2)cn1. The highest BCUT2D eigenvalue weighted by Gasteiger charge is 2.15. The van der Waals surface area contributed by atoms with Crippen molar-refractivity contribution in [2.45, 2.75) is 39.4 Å². The van der Waals surface area contributed by atoms with E-state index in [0.717, 1.165) is 16.8 Å². The Morgan fingerprint density at radius 2 is 1.93 bits per heavy atom. The second kappa shape index (κ2) is 8.03. The number of carbonyl (C=O) groups excluding carboxylic acids is 1. The molecule has 1 N–H and O–H groups in total. The number of aromatic nitrogens is 5. The topological polar surface area (TPSA) is 80.9 Å². The summed E-state index contributed by atoms with van der Waals surface area (Å²) in [5.74, 6) is 0. The van der Waals surface area contributed by atoms with Crippen LogP contribution >= 0.6 is 0 Å². The van der Waals surface area contributed by atoms with Gasteiger partial charge in [-0.05, 0) is 38.5 Å². The van der Waals surface area contributed by atoms with Crippen molar-refractivity contribution in [3.63, 3.8) is 0 Å². The summed E-state index contributed by atoms with van der Waals surface area (Å²) in [6, 6.07) is 7.94. The van der Waals surface area contributed by atoms with E-state index in [1.165, 1.54) is 6.33 Å². The smallest absolute Gasteiger partial charge is 0.317 e. The van der Waals surface area contributed by atoms with Gasteiger partial charge in [0.05, 0.1) is 24.5 Å². The fourth-order valence-electron chi connectivity index (χ4n) is 2.72. The highest BCUT2D eigenvalue weighted by molar-refractivity contribution is 5.74. The molecule has 3 rings (SSSR count). The number of rotatable bonds is 6. The molecular formula is C19H25N7O. The maximum atomic E-state index is 12.5. The normalized spacial score (nSPS) is 12.2. The lowest BCUT2D eigenvalue weighted by Crippen LogP contribution is -2.38. The molecule has 3 aromatic rings. The molecule has 8 nitrogen and oxygen atoms in total. The Bertz CT molecular complexity index is 868. The molecule has 0 aliphatic carbocycles. The highest BCUT2D eigenvalue weighted by atomic mass is 16.2. The molecule has 0 aliphatic heterocycles. The van der Waals surface area contributed by atoms with Gasteiger partial charge in [0.15, 0.2) is 0 Å². The first-order chi connectivity index (χ1) is 12.9. The van der Waals surface area contributed by atoms with Gasteiger partial charge in [-0.1, -0.05) is 12.1 Å². The summed E-state index contributed by atoms with van der Waals surface area (Å²) in [6.07, 6.45) is 6.92. The second-order valence-electron chi connectivity index (χ2n) is 6.88. The summed E-state index contributed by atoms with van der Waals surface area (Å²) < 4.78 is 3.58. The van der Waals surface area contributed by atoms with Gasteiger partial charge in [0.2, 0.25) is 0 Å². The third-order valence-electron chi connectivity index (χ3n) is 4.37. The maximum Gasteiger partial charge on any atom is 0.317 e. The van der Waals surface area contributed by atoms with Crippen molar-refractivity contribution in [1.29, 1.82) is 0 Å². The van der Waals surface area contributed by atoms with Crippen molar-refractivity contribution in [2.24, 2.45) is 0 Å². The Balaban J connectivity index is 1.57. The molecule has 0 saturated carbocycles. The van der Waals surface area contributed by atoms with E-state index in [1.807, 2.05) is 42.1 Å². The van der Waals surface area contributed by atoms with Gasteiger partial charge in [0, 0.05) is 24.8 Å². The number of urea groups is 1. The third-order valence-corrected chi connectivity index (χ3v) is 4.37. The lowest BCUT2D eigenvalue weighted by atomic mass is 10.1. The summed E-state index contributed by atoms with van der Waals surface area (Å²) in [4.78, 5) is 18.1. The van der Waals surface area contributed by atoms with Crippen molar-refractivity contribution >= 4 is 6.03 Å². The summed E-state index contributed by atoms with van der Waals surface area (Å²) in [5, 5.41) is 11.4. The first-order valence-corrected chi connectivity index (χ1v) is 8.93. The zero-order chi connectivity index (χ0) is 19.4. The van der Waals surface area contributed by atoms with E-state index in [-0.39, 0.29) is 12.1 Å². The van der Waals surface area contributed by atoms with Crippen LogP contribution in [-0.4, -0.2) is 42.5 Å². The monoisotopic (exact) mass is 367 g/mol. The molecule has 2 heterocycles. The van der Waals surface area contributed by atoms with Crippen molar-refractivity contribution in [2.75, 3.05) is 7.05 Å². The minimum Gasteiger partial charge on any atom is -0.331 e. The summed E-state index contributed by atoms with van der Waals surface area (Å²) in [5.41, 5.74) is 2.95. The zero-order valence-electron chi connectivity index (χ0n) is 16.1. The molecule has 2 aromatic heterocycles. The molecule has 1 aromatic carbocycles. The number of nitrogens with one attached hydrogen (secondary N) is 1. The number of carbonyl (C=O) groups is 1. The Morgan fingerprint density at radius 1 is 1.19 bits per heavy atom. The fourth-order valence-corrected chi connectivity index (χ4v) is 2.72. The number of amides is 2. The van der Waals surface area contributed by atoms with Gasteiger partial charge in [-0.25, -0.2) is 14.5 Å². The summed E-state index contributed by atoms with van der Waals surface area (Å²) >= 11 is 0. The molecule has 2 amide bonds. The molecule has 0 bridgehead atoms. The summed E-state index contributed by atoms with van der Waals surface area (Å²) in [7, 11) is 1.78. The van der Waals surface area contributed by atoms with Gasteiger partial charge >= 0.3 is 6.03 Å². The lowest BCUT2D eigenvalue weighted by molar-refractivity contribution is 0.203. The van der Waals surface area contributed by atoms with Gasteiger partial charge in [-0.2, -0.15) is 10.2 Å². The molecule has 1 atom stereocenters. The average Bonchev–Trinajstić information content (AvgIpc) is 3.33. The Kier molecular flexibility index (Phi) is 5.54. The molecule has 8 heteroatoms. The quantitative estimate of drug-likeness (QED) is 0.726. The van der Waals surface area contributed by atoms with Crippen LogP contribution in [0.1, 0.15) is 44.0 Å². The predicted molar refractivity (Wildman–Crippen MR) is 102 cm³/mol. The zero-order valence-corrected chi connectivity index (χ0v) is 16.1. The van der Waals surface area contributed by atoms with Crippen LogP contribution in [0.4, 0.5) is 4.79 Å². The second-order valence-corrected chi connectivity index (χ2v) is 6.88. The molecule has 27 heavy (non-hydrogen) atoms. The van der Waals surface area contributed by atoms with Crippen LogP contribution in [0, 0.1) is 0 Å². The average molecular weight is 367 g/mol. The van der Waals surface area contributed by atoms with Gasteiger partial charge in [0.25, 0.3) is 0 Å². The van der Waals surface area contributed by atoms with Crippen LogP contribution in [0.5, 0.6) is 0 Å². The van der Waals surface area contributed by atoms with Crippen LogP contribution in [0.3, 0.4) is 0 Å². The molecule has 0 spiro atoms. The van der Waals surface area contributed by atoms with E-state index >= 15 is 0 Å². The van der Waals surface area contributed by atoms with E-state index in [4.69, 9.17) is 0 Å². The van der Waals surface area contributed by atoms with Crippen molar-refractivity contribution in [3.8, 4) is 5.69 Å². The Labute approximate surface area is 158 Å². The third kappa shape index (κ3) is 4.52. The van der Waals surface area contributed by atoms with Crippen molar-refractivity contribution < 1.29 is 4.79 Å². The molecule has 0 aliphatic rings. The molecule has 0 radical (unpaired) electrons. The van der Waals surface area contributed by atoms with Crippen LogP contribution in [0.15, 0.2) is 49.3 Å². The first kappa shape index (κ1) is 18.6. The molecule has 0 unspecified atom stereocenters. The summed E-state index contributed by atoms with van der Waals surface area (Å²) in [6.45, 7) is 6.62. The molecule has 142 valence electrons. The van der Waals surface area contributed by atoms with E-state index < -0.39 is 0 Å². The number of nitrogens with zero attached hydrogens (tertiary/aromatic N) is 6. The van der Waals surface area contributed by atoms with Crippen LogP contribution in [-0.2, 0) is 6.54 Å². The Morgan fingerprint density at radius 3 is 2.52 bits per heavy atom. The van der Waals surface area contributed by atoms with E-state index in [9.17, 15) is 4.79 Å². The van der Waals surface area contributed by atoms with Gasteiger partial charge in [0.1, 0.15) is 12.7 Å². The molecule has 0 saturated heterocycles. The van der Waals surface area contributed by atoms with Crippen LogP contribution in [0.25, 0.3) is 5.69 Å². The highest BCUT2D eigenvalue weighted by Crippen LogP contribution is 2.16. The predicted octanol–water partition coefficient (Wildman–Crippen LogP) is 2.95. The van der Waals surface area contributed by atoms with Gasteiger partial charge < -0.3 is 10.2 Å². The fraction of sp³-hybridized carbons (Fsp3) is 0.368. The van der Waals surface area contributed by atoms with Crippen molar-refractivity contribution in [1.82, 2.24) is 34.8 Å². The maximum absolute atomic E-state index is 12.5. The minimum atomic E-state index is -0.125. The van der Waals surface area contributed by atoms with Gasteiger partial charge in [-0.3, -0.25) is 4.68 Å². The van der Waals surface area contributed by atoms with Crippen LogP contribution in [0.2, 0.25) is 0 Å². The Hall–Kier alpha value is -3.16. The van der Waals surface area contributed by atoms with Crippen LogP contribution < -0.4 is 5.32 Å². The molecule has 0 fully saturated rings.